The lowest BCUT2D eigenvalue weighted by Gasteiger charge is -2.41. The molecular weight excluding hydrogens is 440 g/mol. The SMILES string of the molecule is C=CCCCCCCCCCC[C@@H](O[Si](C)(C)C(C)(C)C)[C@H]1CC[C@@H]([C@@H](O)CC/C=C/CO)O1. The molecule has 34 heavy (non-hydrogen) atoms. The van der Waals surface area contributed by atoms with Gasteiger partial charge in [0.15, 0.2) is 8.32 Å². The molecule has 1 aliphatic heterocycles. The number of hydrogen-bond donors (Lipinski definition) is 2. The lowest BCUT2D eigenvalue weighted by atomic mass is 10.0. The molecule has 0 aromatic heterocycles. The first-order valence-corrected chi connectivity index (χ1v) is 16.9. The first-order valence-electron chi connectivity index (χ1n) is 14.0. The van der Waals surface area contributed by atoms with Crippen LogP contribution in [0, 0.1) is 0 Å². The second-order valence-corrected chi connectivity index (χ2v) is 16.5. The average Bonchev–Trinajstić information content (AvgIpc) is 3.26. The smallest absolute Gasteiger partial charge is 0.192 e. The molecule has 1 heterocycles. The van der Waals surface area contributed by atoms with E-state index in [0.717, 1.165) is 32.1 Å². The minimum Gasteiger partial charge on any atom is -0.411 e. The molecule has 0 spiro atoms. The fourth-order valence-electron chi connectivity index (χ4n) is 4.46. The molecule has 0 saturated carbocycles. The molecule has 0 bridgehead atoms. The number of aliphatic hydroxyl groups is 2. The fraction of sp³-hybridized carbons (Fsp3) is 0.862. The van der Waals surface area contributed by atoms with Crippen LogP contribution in [0.1, 0.15) is 111 Å². The third-order valence-electron chi connectivity index (χ3n) is 7.73. The van der Waals surface area contributed by atoms with Gasteiger partial charge in [-0.1, -0.05) is 83.9 Å². The zero-order valence-electron chi connectivity index (χ0n) is 23.1. The standard InChI is InChI=1S/C29H56O4Si/c1-7-8-9-10-11-12-13-14-15-18-21-28(33-34(5,6)29(2,3)4)27-23-22-26(32-27)25(31)20-17-16-19-24-30/h7,16,19,25-28,30-31H,1,8-15,17-18,20-24H2,2-6H3/b19-16+/t25-,26-,27+,28+/m0/s1. The highest BCUT2D eigenvalue weighted by atomic mass is 28.4. The van der Waals surface area contributed by atoms with E-state index >= 15 is 0 Å². The van der Waals surface area contributed by atoms with E-state index in [2.05, 4.69) is 40.4 Å². The van der Waals surface area contributed by atoms with Gasteiger partial charge in [0, 0.05) is 0 Å². The molecule has 0 unspecified atom stereocenters. The number of hydrogen-bond acceptors (Lipinski definition) is 4. The van der Waals surface area contributed by atoms with E-state index in [1.165, 1.54) is 51.4 Å². The fourth-order valence-corrected chi connectivity index (χ4v) is 5.84. The van der Waals surface area contributed by atoms with Crippen LogP contribution in [0.25, 0.3) is 0 Å². The molecule has 2 N–H and O–H groups in total. The maximum atomic E-state index is 10.6. The van der Waals surface area contributed by atoms with Gasteiger partial charge in [-0.3, -0.25) is 0 Å². The largest absolute Gasteiger partial charge is 0.411 e. The first-order chi connectivity index (χ1) is 16.1. The van der Waals surface area contributed by atoms with Gasteiger partial charge in [0.05, 0.1) is 31.0 Å². The van der Waals surface area contributed by atoms with Crippen molar-refractivity contribution < 1.29 is 19.4 Å². The summed E-state index contributed by atoms with van der Waals surface area (Å²) in [4.78, 5) is 0. The van der Waals surface area contributed by atoms with Crippen molar-refractivity contribution in [3.63, 3.8) is 0 Å². The van der Waals surface area contributed by atoms with Gasteiger partial charge in [-0.2, -0.15) is 0 Å². The quantitative estimate of drug-likeness (QED) is 0.109. The second kappa shape index (κ2) is 17.1. The molecule has 1 fully saturated rings. The van der Waals surface area contributed by atoms with E-state index < -0.39 is 14.4 Å². The molecule has 0 aromatic carbocycles. The number of ether oxygens (including phenoxy) is 1. The van der Waals surface area contributed by atoms with Crippen molar-refractivity contribution in [1.29, 1.82) is 0 Å². The zero-order valence-corrected chi connectivity index (χ0v) is 24.1. The molecular formula is C29H56O4Si. The molecule has 0 aromatic rings. The highest BCUT2D eigenvalue weighted by Gasteiger charge is 2.43. The van der Waals surface area contributed by atoms with Crippen molar-refractivity contribution in [3.05, 3.63) is 24.8 Å². The summed E-state index contributed by atoms with van der Waals surface area (Å²) in [7, 11) is -1.89. The molecule has 0 aliphatic carbocycles. The summed E-state index contributed by atoms with van der Waals surface area (Å²) < 4.78 is 13.3. The first kappa shape index (κ1) is 31.6. The van der Waals surface area contributed by atoms with Crippen molar-refractivity contribution in [3.8, 4) is 0 Å². The summed E-state index contributed by atoms with van der Waals surface area (Å²) in [5.74, 6) is 0. The van der Waals surface area contributed by atoms with Crippen LogP contribution in [0.2, 0.25) is 18.1 Å². The third-order valence-corrected chi connectivity index (χ3v) is 12.2. The lowest BCUT2D eigenvalue weighted by molar-refractivity contribution is -0.0744. The van der Waals surface area contributed by atoms with Gasteiger partial charge in [-0.05, 0) is 63.1 Å². The van der Waals surface area contributed by atoms with Crippen molar-refractivity contribution in [1.82, 2.24) is 0 Å². The Balaban J connectivity index is 2.52. The van der Waals surface area contributed by atoms with E-state index in [1.54, 1.807) is 6.08 Å². The Morgan fingerprint density at radius 2 is 1.50 bits per heavy atom. The molecule has 0 radical (unpaired) electrons. The van der Waals surface area contributed by atoms with Crippen LogP contribution in [0.5, 0.6) is 0 Å². The van der Waals surface area contributed by atoms with E-state index in [0.29, 0.717) is 6.42 Å². The summed E-state index contributed by atoms with van der Waals surface area (Å²) >= 11 is 0. The second-order valence-electron chi connectivity index (χ2n) is 11.7. The summed E-state index contributed by atoms with van der Waals surface area (Å²) in [6.45, 7) is 15.4. The molecule has 0 amide bonds. The topological polar surface area (TPSA) is 58.9 Å². The predicted octanol–water partition coefficient (Wildman–Crippen LogP) is 7.70. The highest BCUT2D eigenvalue weighted by molar-refractivity contribution is 6.74. The van der Waals surface area contributed by atoms with Gasteiger partial charge >= 0.3 is 0 Å². The Morgan fingerprint density at radius 3 is 2.09 bits per heavy atom. The van der Waals surface area contributed by atoms with Crippen molar-refractivity contribution in [2.45, 2.75) is 153 Å². The van der Waals surface area contributed by atoms with Crippen molar-refractivity contribution in [2.24, 2.45) is 0 Å². The van der Waals surface area contributed by atoms with Crippen LogP contribution in [0.3, 0.4) is 0 Å². The van der Waals surface area contributed by atoms with E-state index in [4.69, 9.17) is 14.3 Å². The van der Waals surface area contributed by atoms with Gasteiger partial charge in [-0.25, -0.2) is 0 Å². The molecule has 4 nitrogen and oxygen atoms in total. The maximum Gasteiger partial charge on any atom is 0.192 e. The number of unbranched alkanes of at least 4 members (excludes halogenated alkanes) is 8. The Morgan fingerprint density at radius 1 is 0.912 bits per heavy atom. The van der Waals surface area contributed by atoms with Crippen molar-refractivity contribution in [2.75, 3.05) is 6.61 Å². The molecule has 1 aliphatic rings. The van der Waals surface area contributed by atoms with Crippen LogP contribution >= 0.6 is 0 Å². The van der Waals surface area contributed by atoms with Gasteiger partial charge in [0.2, 0.25) is 0 Å². The highest BCUT2D eigenvalue weighted by Crippen LogP contribution is 2.40. The number of rotatable bonds is 19. The number of aliphatic hydroxyl groups excluding tert-OH is 2. The molecule has 1 saturated heterocycles. The van der Waals surface area contributed by atoms with Gasteiger partial charge < -0.3 is 19.4 Å². The van der Waals surface area contributed by atoms with Crippen LogP contribution in [-0.4, -0.2) is 49.6 Å². The van der Waals surface area contributed by atoms with Crippen LogP contribution < -0.4 is 0 Å². The molecule has 1 rings (SSSR count). The van der Waals surface area contributed by atoms with Gasteiger partial charge in [0.1, 0.15) is 0 Å². The van der Waals surface area contributed by atoms with Crippen LogP contribution in [0.15, 0.2) is 24.8 Å². The third kappa shape index (κ3) is 12.5. The predicted molar refractivity (Wildman–Crippen MR) is 148 cm³/mol. The minimum atomic E-state index is -1.89. The summed E-state index contributed by atoms with van der Waals surface area (Å²) in [5, 5.41) is 19.7. The maximum absolute atomic E-state index is 10.6. The molecule has 4 atom stereocenters. The van der Waals surface area contributed by atoms with E-state index in [9.17, 15) is 5.11 Å². The molecule has 200 valence electrons. The van der Waals surface area contributed by atoms with Gasteiger partial charge in [-0.15, -0.1) is 6.58 Å². The van der Waals surface area contributed by atoms with E-state index in [1.807, 2.05) is 12.2 Å². The minimum absolute atomic E-state index is 0.0559. The van der Waals surface area contributed by atoms with Crippen LogP contribution in [0.4, 0.5) is 0 Å². The normalized spacial score (nSPS) is 21.3. The Labute approximate surface area is 212 Å². The Kier molecular flexibility index (Phi) is 15.9. The lowest BCUT2D eigenvalue weighted by Crippen LogP contribution is -2.47. The Hall–Kier alpha value is -0.463. The Bertz CT molecular complexity index is 555. The summed E-state index contributed by atoms with van der Waals surface area (Å²) in [6, 6.07) is 0. The van der Waals surface area contributed by atoms with E-state index in [-0.39, 0.29) is 30.0 Å². The van der Waals surface area contributed by atoms with Crippen molar-refractivity contribution >= 4 is 8.32 Å². The summed E-state index contributed by atoms with van der Waals surface area (Å²) in [6.07, 6.45) is 21.3. The number of allylic oxidation sites excluding steroid dienone is 2. The van der Waals surface area contributed by atoms with Crippen LogP contribution in [-0.2, 0) is 9.16 Å². The van der Waals surface area contributed by atoms with Gasteiger partial charge in [0.25, 0.3) is 0 Å². The summed E-state index contributed by atoms with van der Waals surface area (Å²) in [5.41, 5.74) is 0. The molecule has 5 heteroatoms. The average molecular weight is 497 g/mol. The monoisotopic (exact) mass is 496 g/mol. The zero-order chi connectivity index (χ0) is 25.5.